The van der Waals surface area contributed by atoms with Gasteiger partial charge in [-0.25, -0.2) is 0 Å². The maximum absolute atomic E-state index is 12.5. The fourth-order valence-electron chi connectivity index (χ4n) is 2.13. The number of para-hydroxylation sites is 1. The SMILES string of the molecule is N[C@H](Cc1cccc(-c2ccccc2OC(F)(F)F)c1)C(=O)O. The monoisotopic (exact) mass is 325 g/mol. The molecule has 0 aliphatic carbocycles. The van der Waals surface area contributed by atoms with Crippen LogP contribution in [0.4, 0.5) is 13.2 Å². The van der Waals surface area contributed by atoms with E-state index in [-0.39, 0.29) is 17.7 Å². The van der Waals surface area contributed by atoms with E-state index in [1.807, 2.05) is 0 Å². The first kappa shape index (κ1) is 16.8. The van der Waals surface area contributed by atoms with Gasteiger partial charge in [0.05, 0.1) is 0 Å². The number of benzene rings is 2. The van der Waals surface area contributed by atoms with Crippen molar-refractivity contribution < 1.29 is 27.8 Å². The van der Waals surface area contributed by atoms with Gasteiger partial charge in [-0.2, -0.15) is 0 Å². The van der Waals surface area contributed by atoms with E-state index in [2.05, 4.69) is 4.74 Å². The van der Waals surface area contributed by atoms with Crippen LogP contribution in [0.2, 0.25) is 0 Å². The van der Waals surface area contributed by atoms with Gasteiger partial charge >= 0.3 is 12.3 Å². The molecule has 4 nitrogen and oxygen atoms in total. The molecule has 0 unspecified atom stereocenters. The van der Waals surface area contributed by atoms with Crippen molar-refractivity contribution in [2.24, 2.45) is 5.73 Å². The molecule has 0 fully saturated rings. The van der Waals surface area contributed by atoms with Crippen molar-refractivity contribution in [1.82, 2.24) is 0 Å². The summed E-state index contributed by atoms with van der Waals surface area (Å²) in [4.78, 5) is 10.8. The van der Waals surface area contributed by atoms with Crippen LogP contribution >= 0.6 is 0 Å². The summed E-state index contributed by atoms with van der Waals surface area (Å²) in [6.45, 7) is 0. The van der Waals surface area contributed by atoms with Crippen molar-refractivity contribution in [1.29, 1.82) is 0 Å². The number of hydrogen-bond donors (Lipinski definition) is 2. The Morgan fingerprint density at radius 2 is 1.87 bits per heavy atom. The number of carbonyl (C=O) groups is 1. The summed E-state index contributed by atoms with van der Waals surface area (Å²) in [5, 5.41) is 8.83. The topological polar surface area (TPSA) is 72.5 Å². The quantitative estimate of drug-likeness (QED) is 0.885. The minimum absolute atomic E-state index is 0.0749. The highest BCUT2D eigenvalue weighted by Crippen LogP contribution is 2.34. The predicted molar refractivity (Wildman–Crippen MR) is 77.9 cm³/mol. The van der Waals surface area contributed by atoms with Gasteiger partial charge in [-0.1, -0.05) is 42.5 Å². The molecule has 0 saturated heterocycles. The molecule has 0 amide bonds. The van der Waals surface area contributed by atoms with Crippen LogP contribution in [-0.4, -0.2) is 23.5 Å². The zero-order chi connectivity index (χ0) is 17.0. The van der Waals surface area contributed by atoms with E-state index < -0.39 is 18.4 Å². The van der Waals surface area contributed by atoms with Crippen LogP contribution in [0.1, 0.15) is 5.56 Å². The van der Waals surface area contributed by atoms with Gasteiger partial charge in [0.2, 0.25) is 0 Å². The van der Waals surface area contributed by atoms with Crippen LogP contribution in [0, 0.1) is 0 Å². The number of carboxylic acid groups (broad SMARTS) is 1. The largest absolute Gasteiger partial charge is 0.573 e. The number of aliphatic carboxylic acids is 1. The minimum Gasteiger partial charge on any atom is -0.480 e. The summed E-state index contributed by atoms with van der Waals surface area (Å²) < 4.78 is 41.4. The molecule has 0 aliphatic rings. The lowest BCUT2D eigenvalue weighted by molar-refractivity contribution is -0.274. The third-order valence-electron chi connectivity index (χ3n) is 3.12. The first-order valence-electron chi connectivity index (χ1n) is 6.69. The van der Waals surface area contributed by atoms with E-state index in [9.17, 15) is 18.0 Å². The fourth-order valence-corrected chi connectivity index (χ4v) is 2.13. The van der Waals surface area contributed by atoms with Crippen molar-refractivity contribution in [3.8, 4) is 16.9 Å². The fraction of sp³-hybridized carbons (Fsp3) is 0.188. The second-order valence-electron chi connectivity index (χ2n) is 4.89. The molecule has 7 heteroatoms. The minimum atomic E-state index is -4.79. The van der Waals surface area contributed by atoms with Gasteiger partial charge < -0.3 is 15.6 Å². The van der Waals surface area contributed by atoms with Gasteiger partial charge in [-0.3, -0.25) is 4.79 Å². The molecule has 23 heavy (non-hydrogen) atoms. The second-order valence-corrected chi connectivity index (χ2v) is 4.89. The lowest BCUT2D eigenvalue weighted by Crippen LogP contribution is -2.32. The van der Waals surface area contributed by atoms with Crippen LogP contribution in [0.25, 0.3) is 11.1 Å². The zero-order valence-electron chi connectivity index (χ0n) is 11.9. The molecule has 0 bridgehead atoms. The molecule has 122 valence electrons. The molecule has 2 rings (SSSR count). The van der Waals surface area contributed by atoms with Crippen molar-refractivity contribution in [3.63, 3.8) is 0 Å². The van der Waals surface area contributed by atoms with Crippen LogP contribution in [0.5, 0.6) is 5.75 Å². The standard InChI is InChI=1S/C16H14F3NO3/c17-16(18,19)23-14-7-2-1-6-12(14)11-5-3-4-10(8-11)9-13(20)15(21)22/h1-8,13H,9,20H2,(H,21,22)/t13-/m1/s1. The molecule has 3 N–H and O–H groups in total. The van der Waals surface area contributed by atoms with Gasteiger partial charge in [0, 0.05) is 5.56 Å². The maximum atomic E-state index is 12.5. The second kappa shape index (κ2) is 6.70. The maximum Gasteiger partial charge on any atom is 0.573 e. The predicted octanol–water partition coefficient (Wildman–Crippen LogP) is 3.21. The molecule has 0 spiro atoms. The molecule has 0 heterocycles. The van der Waals surface area contributed by atoms with Crippen molar-refractivity contribution >= 4 is 5.97 Å². The summed E-state index contributed by atoms with van der Waals surface area (Å²) in [5.74, 6) is -1.46. The Morgan fingerprint density at radius 1 is 1.17 bits per heavy atom. The Balaban J connectivity index is 2.34. The highest BCUT2D eigenvalue weighted by Gasteiger charge is 2.32. The van der Waals surface area contributed by atoms with E-state index in [1.165, 1.54) is 18.2 Å². The summed E-state index contributed by atoms with van der Waals surface area (Å²) in [5.41, 5.74) is 6.83. The average Bonchev–Trinajstić information content (AvgIpc) is 2.46. The van der Waals surface area contributed by atoms with Crippen molar-refractivity contribution in [2.75, 3.05) is 0 Å². The van der Waals surface area contributed by atoms with E-state index in [0.29, 0.717) is 11.1 Å². The molecule has 0 aromatic heterocycles. The summed E-state index contributed by atoms with van der Waals surface area (Å²) in [7, 11) is 0. The van der Waals surface area contributed by atoms with Gasteiger partial charge in [-0.05, 0) is 23.6 Å². The van der Waals surface area contributed by atoms with E-state index in [0.717, 1.165) is 0 Å². The van der Waals surface area contributed by atoms with Crippen LogP contribution in [-0.2, 0) is 11.2 Å². The van der Waals surface area contributed by atoms with Gasteiger partial charge in [-0.15, -0.1) is 13.2 Å². The molecule has 2 aromatic carbocycles. The summed E-state index contributed by atoms with van der Waals surface area (Å²) in [6, 6.07) is 11.2. The molecule has 0 aliphatic heterocycles. The highest BCUT2D eigenvalue weighted by atomic mass is 19.4. The van der Waals surface area contributed by atoms with Gasteiger partial charge in [0.15, 0.2) is 0 Å². The Labute approximate surface area is 130 Å². The first-order chi connectivity index (χ1) is 10.8. The van der Waals surface area contributed by atoms with Gasteiger partial charge in [0.1, 0.15) is 11.8 Å². The lowest BCUT2D eigenvalue weighted by atomic mass is 9.99. The smallest absolute Gasteiger partial charge is 0.480 e. The van der Waals surface area contributed by atoms with E-state index >= 15 is 0 Å². The third kappa shape index (κ3) is 4.72. The molecule has 0 saturated carbocycles. The normalized spacial score (nSPS) is 12.7. The summed E-state index contributed by atoms with van der Waals surface area (Å²) >= 11 is 0. The van der Waals surface area contributed by atoms with Crippen molar-refractivity contribution in [2.45, 2.75) is 18.8 Å². The number of nitrogens with two attached hydrogens (primary N) is 1. The summed E-state index contributed by atoms with van der Waals surface area (Å²) in [6.07, 6.45) is -4.72. The number of carboxylic acids is 1. The number of halogens is 3. The molecular weight excluding hydrogens is 311 g/mol. The number of ether oxygens (including phenoxy) is 1. The third-order valence-corrected chi connectivity index (χ3v) is 3.12. The Hall–Kier alpha value is -2.54. The van der Waals surface area contributed by atoms with Crippen LogP contribution < -0.4 is 10.5 Å². The molecule has 1 atom stereocenters. The Kier molecular flexibility index (Phi) is 4.90. The Morgan fingerprint density at radius 3 is 2.52 bits per heavy atom. The number of alkyl halides is 3. The van der Waals surface area contributed by atoms with Crippen LogP contribution in [0.15, 0.2) is 48.5 Å². The Bertz CT molecular complexity index is 701. The van der Waals surface area contributed by atoms with Crippen molar-refractivity contribution in [3.05, 3.63) is 54.1 Å². The highest BCUT2D eigenvalue weighted by molar-refractivity contribution is 5.74. The van der Waals surface area contributed by atoms with E-state index in [1.54, 1.807) is 30.3 Å². The lowest BCUT2D eigenvalue weighted by Gasteiger charge is -2.14. The molecule has 2 aromatic rings. The number of hydrogen-bond acceptors (Lipinski definition) is 3. The average molecular weight is 325 g/mol. The van der Waals surface area contributed by atoms with Crippen LogP contribution in [0.3, 0.4) is 0 Å². The zero-order valence-corrected chi connectivity index (χ0v) is 11.9. The van der Waals surface area contributed by atoms with Gasteiger partial charge in [0.25, 0.3) is 0 Å². The first-order valence-corrected chi connectivity index (χ1v) is 6.69. The molecular formula is C16H14F3NO3. The number of rotatable bonds is 5. The molecule has 0 radical (unpaired) electrons. The van der Waals surface area contributed by atoms with E-state index in [4.69, 9.17) is 10.8 Å².